The second-order valence-electron chi connectivity index (χ2n) is 7.70. The van der Waals surface area contributed by atoms with E-state index in [4.69, 9.17) is 4.74 Å². The van der Waals surface area contributed by atoms with Gasteiger partial charge in [-0.1, -0.05) is 12.8 Å². The summed E-state index contributed by atoms with van der Waals surface area (Å²) in [5, 5.41) is 2.99. The first kappa shape index (κ1) is 24.6. The van der Waals surface area contributed by atoms with Gasteiger partial charge in [-0.15, -0.1) is 0 Å². The lowest BCUT2D eigenvalue weighted by molar-refractivity contribution is -0.117. The number of likely N-dealkylation sites (N-methyl/N-ethyl adjacent to an activating group) is 1. The Bertz CT molecular complexity index is 1190. The van der Waals surface area contributed by atoms with Gasteiger partial charge < -0.3 is 19.9 Å². The lowest BCUT2D eigenvalue weighted by Gasteiger charge is -2.36. The average molecular weight is 495 g/mol. The van der Waals surface area contributed by atoms with Crippen LogP contribution in [0.5, 0.6) is 0 Å². The van der Waals surface area contributed by atoms with Crippen LogP contribution in [0.25, 0.3) is 0 Å². The quantitative estimate of drug-likeness (QED) is 0.583. The van der Waals surface area contributed by atoms with Crippen LogP contribution < -0.4 is 19.4 Å². The van der Waals surface area contributed by atoms with E-state index >= 15 is 0 Å². The van der Waals surface area contributed by atoms with Gasteiger partial charge in [-0.3, -0.25) is 4.79 Å². The standard InChI is InChI=1S/C20H26N6O5S2/c1-6-31-20(28)26(32)14-7-13(8-15(9-14)33(5,29)30)22-19-21-10-16-18(23-19)25(12(2)3)11-17(27)24(16)4/h7-10,12,32H,6,11H2,1-5H3,(H,21,22,23). The number of nitrogens with zero attached hydrogens (tertiary/aromatic N) is 5. The lowest BCUT2D eigenvalue weighted by atomic mass is 10.2. The van der Waals surface area contributed by atoms with E-state index in [1.54, 1.807) is 14.0 Å². The van der Waals surface area contributed by atoms with Crippen molar-refractivity contribution in [3.63, 3.8) is 0 Å². The third-order valence-electron chi connectivity index (χ3n) is 4.95. The third-order valence-corrected chi connectivity index (χ3v) is 6.43. The molecule has 1 aliphatic heterocycles. The van der Waals surface area contributed by atoms with Crippen molar-refractivity contribution in [1.29, 1.82) is 0 Å². The fourth-order valence-corrected chi connectivity index (χ4v) is 4.02. The van der Waals surface area contributed by atoms with Crippen LogP contribution in [0, 0.1) is 0 Å². The number of hydrogen-bond donors (Lipinski definition) is 2. The van der Waals surface area contributed by atoms with Gasteiger partial charge in [0.25, 0.3) is 0 Å². The van der Waals surface area contributed by atoms with E-state index < -0.39 is 15.9 Å². The molecule has 0 saturated heterocycles. The monoisotopic (exact) mass is 494 g/mol. The summed E-state index contributed by atoms with van der Waals surface area (Å²) >= 11 is 4.14. The Morgan fingerprint density at radius 1 is 1.33 bits per heavy atom. The highest BCUT2D eigenvalue weighted by Crippen LogP contribution is 2.34. The van der Waals surface area contributed by atoms with Gasteiger partial charge in [0.05, 0.1) is 29.9 Å². The predicted molar refractivity (Wildman–Crippen MR) is 129 cm³/mol. The Morgan fingerprint density at radius 2 is 2.03 bits per heavy atom. The minimum Gasteiger partial charge on any atom is -0.449 e. The summed E-state index contributed by atoms with van der Waals surface area (Å²) in [6.07, 6.45) is 1.84. The topological polar surface area (TPSA) is 125 Å². The number of sulfone groups is 1. The predicted octanol–water partition coefficient (Wildman–Crippen LogP) is 2.62. The number of aromatic nitrogens is 2. The van der Waals surface area contributed by atoms with Gasteiger partial charge in [0.15, 0.2) is 15.7 Å². The number of thiol groups is 1. The molecular formula is C20H26N6O5S2. The molecule has 0 radical (unpaired) electrons. The molecule has 13 heteroatoms. The van der Waals surface area contributed by atoms with Crippen molar-refractivity contribution in [2.24, 2.45) is 0 Å². The van der Waals surface area contributed by atoms with E-state index in [-0.39, 0.29) is 41.6 Å². The van der Waals surface area contributed by atoms with Crippen LogP contribution in [-0.2, 0) is 19.4 Å². The van der Waals surface area contributed by atoms with E-state index in [1.165, 1.54) is 29.3 Å². The Hall–Kier alpha value is -3.06. The molecule has 1 aliphatic rings. The minimum absolute atomic E-state index is 0.0200. The Labute approximate surface area is 198 Å². The second-order valence-corrected chi connectivity index (χ2v) is 10.1. The number of benzene rings is 1. The maximum Gasteiger partial charge on any atom is 0.424 e. The molecule has 33 heavy (non-hydrogen) atoms. The minimum atomic E-state index is -3.61. The number of fused-ring (bicyclic) bond motifs is 1. The van der Waals surface area contributed by atoms with E-state index in [1.807, 2.05) is 18.7 Å². The van der Waals surface area contributed by atoms with Gasteiger partial charge in [-0.25, -0.2) is 22.5 Å². The van der Waals surface area contributed by atoms with Crippen LogP contribution in [0.15, 0.2) is 29.3 Å². The van der Waals surface area contributed by atoms with Crippen molar-refractivity contribution < 1.29 is 22.7 Å². The molecule has 0 aliphatic carbocycles. The normalized spacial score (nSPS) is 13.7. The Kier molecular flexibility index (Phi) is 7.03. The fraction of sp³-hybridized carbons (Fsp3) is 0.400. The summed E-state index contributed by atoms with van der Waals surface area (Å²) in [5.74, 6) is 0.700. The molecule has 0 bridgehead atoms. The molecule has 178 valence electrons. The molecule has 0 fully saturated rings. The highest BCUT2D eigenvalue weighted by atomic mass is 32.2. The molecule has 0 spiro atoms. The summed E-state index contributed by atoms with van der Waals surface area (Å²) in [5.41, 5.74) is 1.08. The molecule has 3 rings (SSSR count). The van der Waals surface area contributed by atoms with E-state index in [0.29, 0.717) is 17.2 Å². The Balaban J connectivity index is 2.02. The van der Waals surface area contributed by atoms with Crippen LogP contribution in [0.2, 0.25) is 0 Å². The van der Waals surface area contributed by atoms with Crippen LogP contribution in [0.1, 0.15) is 20.8 Å². The van der Waals surface area contributed by atoms with Crippen LogP contribution >= 0.6 is 12.8 Å². The van der Waals surface area contributed by atoms with Gasteiger partial charge in [0.2, 0.25) is 11.9 Å². The molecular weight excluding hydrogens is 468 g/mol. The van der Waals surface area contributed by atoms with Crippen molar-refractivity contribution in [3.05, 3.63) is 24.4 Å². The van der Waals surface area contributed by atoms with E-state index in [0.717, 1.165) is 10.6 Å². The first-order valence-corrected chi connectivity index (χ1v) is 12.4. The maximum absolute atomic E-state index is 12.3. The van der Waals surface area contributed by atoms with Crippen molar-refractivity contribution in [1.82, 2.24) is 9.97 Å². The summed E-state index contributed by atoms with van der Waals surface area (Å²) < 4.78 is 30.3. The van der Waals surface area contributed by atoms with Gasteiger partial charge >= 0.3 is 6.09 Å². The maximum atomic E-state index is 12.3. The zero-order valence-electron chi connectivity index (χ0n) is 18.9. The molecule has 0 saturated carbocycles. The summed E-state index contributed by atoms with van der Waals surface area (Å²) in [7, 11) is -1.94. The zero-order chi connectivity index (χ0) is 24.5. The van der Waals surface area contributed by atoms with E-state index in [9.17, 15) is 18.0 Å². The van der Waals surface area contributed by atoms with Crippen LogP contribution in [-0.4, -0.2) is 62.9 Å². The van der Waals surface area contributed by atoms with Gasteiger partial charge in [-0.2, -0.15) is 4.98 Å². The SMILES string of the molecule is CCOC(=O)N(S)c1cc(Nc2ncc3c(n2)N(C(C)C)CC(=O)N3C)cc(S(C)(=O)=O)c1. The number of hydrogen-bond acceptors (Lipinski definition) is 10. The molecule has 2 amide bonds. The van der Waals surface area contributed by atoms with E-state index in [2.05, 4.69) is 28.1 Å². The molecule has 1 aromatic carbocycles. The summed E-state index contributed by atoms with van der Waals surface area (Å²) in [6, 6.07) is 4.27. The number of nitrogens with one attached hydrogen (secondary N) is 1. The first-order valence-electron chi connectivity index (χ1n) is 10.1. The van der Waals surface area contributed by atoms with Crippen molar-refractivity contribution in [2.45, 2.75) is 31.7 Å². The van der Waals surface area contributed by atoms with Crippen LogP contribution in [0.4, 0.5) is 33.6 Å². The largest absolute Gasteiger partial charge is 0.449 e. The highest BCUT2D eigenvalue weighted by Gasteiger charge is 2.30. The number of carbonyl (C=O) groups excluding carboxylic acids is 2. The van der Waals surface area contributed by atoms with Crippen molar-refractivity contribution >= 4 is 63.5 Å². The van der Waals surface area contributed by atoms with Gasteiger partial charge in [-0.05, 0) is 39.0 Å². The first-order chi connectivity index (χ1) is 15.4. The third kappa shape index (κ3) is 5.30. The molecule has 0 unspecified atom stereocenters. The van der Waals surface area contributed by atoms with Crippen molar-refractivity contribution in [3.8, 4) is 0 Å². The number of ether oxygens (including phenoxy) is 1. The Morgan fingerprint density at radius 3 is 2.64 bits per heavy atom. The summed E-state index contributed by atoms with van der Waals surface area (Å²) in [6.45, 7) is 5.88. The van der Waals surface area contributed by atoms with Crippen LogP contribution in [0.3, 0.4) is 0 Å². The number of carbonyl (C=O) groups is 2. The molecule has 1 aromatic heterocycles. The lowest BCUT2D eigenvalue weighted by Crippen LogP contribution is -2.47. The zero-order valence-corrected chi connectivity index (χ0v) is 20.6. The smallest absolute Gasteiger partial charge is 0.424 e. The second kappa shape index (κ2) is 9.43. The number of rotatable bonds is 6. The molecule has 0 atom stereocenters. The molecule has 2 aromatic rings. The number of anilines is 5. The summed E-state index contributed by atoms with van der Waals surface area (Å²) in [4.78, 5) is 36.5. The van der Waals surface area contributed by atoms with Gasteiger partial charge in [0, 0.05) is 25.0 Å². The fourth-order valence-electron chi connectivity index (χ4n) is 3.17. The average Bonchev–Trinajstić information content (AvgIpc) is 2.74. The number of amides is 2. The molecule has 11 nitrogen and oxygen atoms in total. The van der Waals surface area contributed by atoms with Crippen molar-refractivity contribution in [2.75, 3.05) is 45.9 Å². The molecule has 2 heterocycles. The molecule has 1 N–H and O–H groups in total. The van der Waals surface area contributed by atoms with Gasteiger partial charge in [0.1, 0.15) is 5.69 Å². The highest BCUT2D eigenvalue weighted by molar-refractivity contribution is 7.90.